The van der Waals surface area contributed by atoms with Crippen LogP contribution in [0.2, 0.25) is 0 Å². The van der Waals surface area contributed by atoms with Gasteiger partial charge >= 0.3 is 7.82 Å². The van der Waals surface area contributed by atoms with E-state index in [0.717, 1.165) is 24.3 Å². The van der Waals surface area contributed by atoms with Crippen molar-refractivity contribution in [1.82, 2.24) is 4.63 Å². The van der Waals surface area contributed by atoms with Gasteiger partial charge in [-0.25, -0.2) is 13.0 Å². The van der Waals surface area contributed by atoms with Crippen molar-refractivity contribution in [1.29, 1.82) is 0 Å². The van der Waals surface area contributed by atoms with Gasteiger partial charge in [-0.2, -0.15) is 4.62 Å². The highest BCUT2D eigenvalue weighted by molar-refractivity contribution is 7.89. The van der Waals surface area contributed by atoms with E-state index >= 15 is 0 Å². The molecule has 0 heterocycles. The molecule has 23 heavy (non-hydrogen) atoms. The molecule has 0 radical (unpaired) electrons. The lowest BCUT2D eigenvalue weighted by molar-refractivity contribution is -0.384. The number of rotatable bonds is 9. The zero-order chi connectivity index (χ0) is 17.7. The highest BCUT2D eigenvalue weighted by atomic mass is 32.2. The first-order valence-electron chi connectivity index (χ1n) is 6.23. The van der Waals surface area contributed by atoms with E-state index in [-0.39, 0.29) is 18.9 Å². The van der Waals surface area contributed by atoms with Gasteiger partial charge in [0.25, 0.3) is 15.7 Å². The van der Waals surface area contributed by atoms with Crippen LogP contribution >= 0.6 is 7.82 Å². The van der Waals surface area contributed by atoms with Gasteiger partial charge < -0.3 is 0 Å². The second-order valence-electron chi connectivity index (χ2n) is 3.83. The third kappa shape index (κ3) is 5.04. The van der Waals surface area contributed by atoms with E-state index < -0.39 is 32.3 Å². The molecular weight excluding hydrogens is 355 g/mol. The smallest absolute Gasteiger partial charge is 0.286 e. The van der Waals surface area contributed by atoms with Crippen LogP contribution in [0.15, 0.2) is 29.2 Å². The van der Waals surface area contributed by atoms with Gasteiger partial charge in [-0.3, -0.25) is 24.4 Å². The fraction of sp³-hybridized carbons (Fsp3) is 0.400. The summed E-state index contributed by atoms with van der Waals surface area (Å²) < 4.78 is 49.2. The predicted octanol–water partition coefficient (Wildman–Crippen LogP) is 2.09. The van der Waals surface area contributed by atoms with Crippen LogP contribution in [0, 0.1) is 10.1 Å². The van der Waals surface area contributed by atoms with Crippen molar-refractivity contribution in [3.8, 4) is 0 Å². The summed E-state index contributed by atoms with van der Waals surface area (Å²) in [7, 11) is -8.97. The van der Waals surface area contributed by atoms with Crippen LogP contribution in [0.25, 0.3) is 0 Å². The van der Waals surface area contributed by atoms with Gasteiger partial charge in [-0.15, -0.1) is 0 Å². The molecule has 0 saturated carbocycles. The van der Waals surface area contributed by atoms with E-state index in [0.29, 0.717) is 0 Å². The molecule has 0 atom stereocenters. The second kappa shape index (κ2) is 7.93. The monoisotopic (exact) mass is 370 g/mol. The Kier molecular flexibility index (Phi) is 6.77. The van der Waals surface area contributed by atoms with E-state index in [1.165, 1.54) is 13.8 Å². The Bertz CT molecular complexity index is 681. The summed E-state index contributed by atoms with van der Waals surface area (Å²) in [6.45, 7) is 2.68. The minimum Gasteiger partial charge on any atom is -0.286 e. The highest BCUT2D eigenvalue weighted by Gasteiger charge is 2.36. The van der Waals surface area contributed by atoms with Crippen molar-refractivity contribution in [2.45, 2.75) is 18.7 Å². The van der Waals surface area contributed by atoms with Crippen LogP contribution in [0.5, 0.6) is 0 Å². The number of nitro benzene ring substituents is 1. The quantitative estimate of drug-likeness (QED) is 0.392. The zero-order valence-corrected chi connectivity index (χ0v) is 13.9. The first-order valence-corrected chi connectivity index (χ1v) is 9.14. The van der Waals surface area contributed by atoms with Crippen molar-refractivity contribution < 1.29 is 36.8 Å². The third-order valence-electron chi connectivity index (χ3n) is 2.30. The number of hydrogen-bond donors (Lipinski definition) is 1. The molecule has 1 rings (SSSR count). The second-order valence-corrected chi connectivity index (χ2v) is 7.14. The van der Waals surface area contributed by atoms with Crippen molar-refractivity contribution in [2.24, 2.45) is 0 Å². The molecule has 0 unspecified atom stereocenters. The molecule has 0 spiro atoms. The van der Waals surface area contributed by atoms with Gasteiger partial charge in [0.05, 0.1) is 27.7 Å². The molecule has 0 fully saturated rings. The molecule has 130 valence electrons. The Morgan fingerprint density at radius 2 is 1.70 bits per heavy atom. The van der Waals surface area contributed by atoms with Crippen molar-refractivity contribution >= 4 is 23.5 Å². The van der Waals surface area contributed by atoms with Gasteiger partial charge in [0.1, 0.15) is 0 Å². The largest absolute Gasteiger partial charge is 0.494 e. The molecule has 0 aliphatic rings. The Balaban J connectivity index is 3.02. The molecule has 1 aromatic carbocycles. The predicted molar refractivity (Wildman–Crippen MR) is 75.9 cm³/mol. The minimum atomic E-state index is -4.64. The maximum Gasteiger partial charge on any atom is 0.494 e. The van der Waals surface area contributed by atoms with Gasteiger partial charge in [-0.1, -0.05) is 0 Å². The van der Waals surface area contributed by atoms with E-state index in [4.69, 9.17) is 0 Å². The molecule has 0 amide bonds. The summed E-state index contributed by atoms with van der Waals surface area (Å²) in [5.41, 5.74) is -0.344. The number of nitrogens with zero attached hydrogens (tertiary/aromatic N) is 2. The standard InChI is InChI=1S/C10H15N2O9PS/c1-3-19-22(16,20-4-2)21-12(15)23(17,18)10-7-5-9(6-8-10)11(13)14/h5-8,15H,3-4H2,1-2H3. The molecule has 13 heteroatoms. The van der Waals surface area contributed by atoms with Gasteiger partial charge in [0.15, 0.2) is 0 Å². The molecule has 11 nitrogen and oxygen atoms in total. The van der Waals surface area contributed by atoms with Gasteiger partial charge in [0.2, 0.25) is 0 Å². The van der Waals surface area contributed by atoms with E-state index in [1.54, 1.807) is 0 Å². The van der Waals surface area contributed by atoms with E-state index in [1.807, 2.05) is 0 Å². The topological polar surface area (TPSA) is 146 Å². The highest BCUT2D eigenvalue weighted by Crippen LogP contribution is 2.50. The summed E-state index contributed by atoms with van der Waals surface area (Å²) in [6.07, 6.45) is 0. The maximum atomic E-state index is 12.0. The summed E-state index contributed by atoms with van der Waals surface area (Å²) in [6, 6.07) is 3.61. The molecule has 1 N–H and O–H groups in total. The van der Waals surface area contributed by atoms with Crippen molar-refractivity contribution in [2.75, 3.05) is 13.2 Å². The van der Waals surface area contributed by atoms with Crippen LogP contribution in [-0.4, -0.2) is 36.4 Å². The molecule has 0 bridgehead atoms. The van der Waals surface area contributed by atoms with Gasteiger partial charge in [0, 0.05) is 12.1 Å². The van der Waals surface area contributed by atoms with E-state index in [9.17, 15) is 28.3 Å². The fourth-order valence-electron chi connectivity index (χ4n) is 1.36. The number of nitro groups is 1. The first-order chi connectivity index (χ1) is 10.7. The number of sulfonamides is 1. The summed E-state index contributed by atoms with van der Waals surface area (Å²) in [5.74, 6) is 0. The molecule has 0 aliphatic heterocycles. The fourth-order valence-corrected chi connectivity index (χ4v) is 3.59. The zero-order valence-electron chi connectivity index (χ0n) is 12.2. The Morgan fingerprint density at radius 3 is 2.09 bits per heavy atom. The van der Waals surface area contributed by atoms with Crippen LogP contribution in [0.1, 0.15) is 13.8 Å². The van der Waals surface area contributed by atoms with E-state index in [2.05, 4.69) is 13.7 Å². The van der Waals surface area contributed by atoms with Crippen molar-refractivity contribution in [3.63, 3.8) is 0 Å². The van der Waals surface area contributed by atoms with Crippen molar-refractivity contribution in [3.05, 3.63) is 34.4 Å². The molecule has 1 aromatic rings. The number of phosphoric ester groups is 1. The Morgan fingerprint density at radius 1 is 1.22 bits per heavy atom. The van der Waals surface area contributed by atoms with Crippen LogP contribution < -0.4 is 0 Å². The lowest BCUT2D eigenvalue weighted by Crippen LogP contribution is -2.27. The summed E-state index contributed by atoms with van der Waals surface area (Å²) in [4.78, 5) is 9.29. The number of phosphoric acid groups is 1. The van der Waals surface area contributed by atoms with Gasteiger partial charge in [-0.05, 0) is 26.0 Å². The van der Waals surface area contributed by atoms with Crippen LogP contribution in [-0.2, 0) is 28.3 Å². The first kappa shape index (κ1) is 19.6. The Hall–Kier alpha value is -1.40. The minimum absolute atomic E-state index is 0.122. The molecule has 0 saturated heterocycles. The maximum absolute atomic E-state index is 12.0. The number of non-ortho nitro benzene ring substituents is 1. The van der Waals surface area contributed by atoms with Crippen LogP contribution in [0.3, 0.4) is 0 Å². The lowest BCUT2D eigenvalue weighted by Gasteiger charge is -2.20. The summed E-state index contributed by atoms with van der Waals surface area (Å²) >= 11 is 0. The van der Waals surface area contributed by atoms with Crippen LogP contribution in [0.4, 0.5) is 5.69 Å². The number of benzene rings is 1. The lowest BCUT2D eigenvalue weighted by atomic mass is 10.3. The normalized spacial score (nSPS) is 12.5. The number of hydrogen-bond acceptors (Lipinski definition) is 9. The Labute approximate surface area is 132 Å². The SMILES string of the molecule is CCOP(=O)(OCC)ON(O)S(=O)(=O)c1ccc([N+](=O)[O-])cc1. The molecule has 0 aromatic heterocycles. The third-order valence-corrected chi connectivity index (χ3v) is 5.26. The average molecular weight is 370 g/mol. The molecular formula is C10H15N2O9PS. The molecule has 0 aliphatic carbocycles. The average Bonchev–Trinajstić information content (AvgIpc) is 2.47. The summed E-state index contributed by atoms with van der Waals surface area (Å²) in [5, 5.41) is 20.1.